The van der Waals surface area contributed by atoms with Crippen molar-refractivity contribution < 1.29 is 14.6 Å². The van der Waals surface area contributed by atoms with E-state index in [1.807, 2.05) is 12.3 Å². The van der Waals surface area contributed by atoms with E-state index >= 15 is 0 Å². The van der Waals surface area contributed by atoms with Gasteiger partial charge in [-0.1, -0.05) is 0 Å². The summed E-state index contributed by atoms with van der Waals surface area (Å²) in [6.07, 6.45) is 1.20. The maximum absolute atomic E-state index is 9.81. The fourth-order valence-corrected chi connectivity index (χ4v) is 2.08. The van der Waals surface area contributed by atoms with E-state index in [0.717, 1.165) is 4.90 Å². The predicted octanol–water partition coefficient (Wildman–Crippen LogP) is 1.42. The second-order valence-corrected chi connectivity index (χ2v) is 4.05. The number of benzene rings is 1. The molecular formula is C11H17NO3S. The van der Waals surface area contributed by atoms with Gasteiger partial charge in [-0.2, -0.15) is 0 Å². The van der Waals surface area contributed by atoms with Crippen LogP contribution < -0.4 is 15.2 Å². The fraction of sp³-hybridized carbons (Fsp3) is 0.455. The lowest BCUT2D eigenvalue weighted by molar-refractivity contribution is 0.181. The van der Waals surface area contributed by atoms with E-state index in [9.17, 15) is 5.11 Å². The Morgan fingerprint density at radius 1 is 1.38 bits per heavy atom. The maximum atomic E-state index is 9.81. The molecule has 5 heteroatoms. The second-order valence-electron chi connectivity index (χ2n) is 3.20. The Morgan fingerprint density at radius 2 is 2.06 bits per heavy atom. The molecule has 4 nitrogen and oxygen atoms in total. The molecule has 16 heavy (non-hydrogen) atoms. The number of aliphatic hydroxyl groups excluding tert-OH is 1. The number of hydrogen-bond donors (Lipinski definition) is 2. The van der Waals surface area contributed by atoms with Crippen molar-refractivity contribution in [1.29, 1.82) is 0 Å². The monoisotopic (exact) mass is 243 g/mol. The first-order valence-corrected chi connectivity index (χ1v) is 6.08. The highest BCUT2D eigenvalue weighted by atomic mass is 32.2. The summed E-state index contributed by atoms with van der Waals surface area (Å²) in [5, 5.41) is 9.81. The van der Waals surface area contributed by atoms with E-state index in [4.69, 9.17) is 15.2 Å². The van der Waals surface area contributed by atoms with Crippen molar-refractivity contribution >= 4 is 11.8 Å². The average Bonchev–Trinajstić information content (AvgIpc) is 2.35. The molecule has 0 aromatic heterocycles. The summed E-state index contributed by atoms with van der Waals surface area (Å²) < 4.78 is 10.5. The number of ether oxygens (including phenoxy) is 2. The minimum Gasteiger partial charge on any atom is -0.497 e. The van der Waals surface area contributed by atoms with Gasteiger partial charge in [0.2, 0.25) is 0 Å². The van der Waals surface area contributed by atoms with Crippen LogP contribution in [-0.4, -0.2) is 32.1 Å². The molecule has 90 valence electrons. The normalized spacial score (nSPS) is 12.3. The van der Waals surface area contributed by atoms with Crippen LogP contribution in [0.3, 0.4) is 0 Å². The zero-order valence-corrected chi connectivity index (χ0v) is 10.5. The van der Waals surface area contributed by atoms with Gasteiger partial charge in [0.15, 0.2) is 0 Å². The number of nitrogens with two attached hydrogens (primary N) is 1. The van der Waals surface area contributed by atoms with Gasteiger partial charge in [-0.05, 0) is 18.4 Å². The van der Waals surface area contributed by atoms with Crippen LogP contribution in [0.4, 0.5) is 0 Å². The molecule has 0 heterocycles. The molecule has 0 saturated carbocycles. The summed E-state index contributed by atoms with van der Waals surface area (Å²) in [6.45, 7) is 0.150. The number of rotatable bonds is 5. The van der Waals surface area contributed by atoms with E-state index in [1.165, 1.54) is 11.8 Å². The molecule has 0 bridgehead atoms. The van der Waals surface area contributed by atoms with Gasteiger partial charge in [0.25, 0.3) is 0 Å². The summed E-state index contributed by atoms with van der Waals surface area (Å²) in [7, 11) is 3.17. The number of aliphatic hydroxyl groups is 1. The minimum atomic E-state index is -0.740. The van der Waals surface area contributed by atoms with E-state index in [1.54, 1.807) is 20.3 Å². The van der Waals surface area contributed by atoms with Crippen LogP contribution in [0.2, 0.25) is 0 Å². The Kier molecular flexibility index (Phi) is 4.92. The predicted molar refractivity (Wildman–Crippen MR) is 65.3 cm³/mol. The third-order valence-corrected chi connectivity index (χ3v) is 3.04. The minimum absolute atomic E-state index is 0.150. The number of thioether (sulfide) groups is 1. The lowest BCUT2D eigenvalue weighted by Gasteiger charge is -2.17. The van der Waals surface area contributed by atoms with Crippen LogP contribution in [0.5, 0.6) is 11.5 Å². The van der Waals surface area contributed by atoms with Gasteiger partial charge in [-0.25, -0.2) is 0 Å². The highest BCUT2D eigenvalue weighted by molar-refractivity contribution is 7.98. The summed E-state index contributed by atoms with van der Waals surface area (Å²) in [5.74, 6) is 1.35. The van der Waals surface area contributed by atoms with E-state index < -0.39 is 6.10 Å². The Labute approximate surface area is 99.7 Å². The third kappa shape index (κ3) is 2.61. The SMILES string of the molecule is COc1cc(SC)c(OC)c(C(O)CN)c1. The fourth-order valence-electron chi connectivity index (χ4n) is 1.46. The van der Waals surface area contributed by atoms with E-state index in [0.29, 0.717) is 17.1 Å². The lowest BCUT2D eigenvalue weighted by atomic mass is 10.1. The van der Waals surface area contributed by atoms with Crippen LogP contribution in [0.25, 0.3) is 0 Å². The molecule has 0 radical (unpaired) electrons. The van der Waals surface area contributed by atoms with E-state index in [2.05, 4.69) is 0 Å². The first-order chi connectivity index (χ1) is 7.67. The average molecular weight is 243 g/mol. The highest BCUT2D eigenvalue weighted by Gasteiger charge is 2.17. The van der Waals surface area contributed by atoms with Gasteiger partial charge in [0.05, 0.1) is 25.2 Å². The molecule has 0 aliphatic rings. The highest BCUT2D eigenvalue weighted by Crippen LogP contribution is 2.38. The Hall–Kier alpha value is -0.910. The Bertz CT molecular complexity index is 357. The molecule has 0 aliphatic heterocycles. The van der Waals surface area contributed by atoms with Gasteiger partial charge < -0.3 is 20.3 Å². The smallest absolute Gasteiger partial charge is 0.138 e. The molecule has 0 spiro atoms. The van der Waals surface area contributed by atoms with Crippen LogP contribution >= 0.6 is 11.8 Å². The molecule has 1 unspecified atom stereocenters. The van der Waals surface area contributed by atoms with Crippen LogP contribution in [0, 0.1) is 0 Å². The van der Waals surface area contributed by atoms with Gasteiger partial charge in [0, 0.05) is 12.1 Å². The first kappa shape index (κ1) is 13.2. The second kappa shape index (κ2) is 5.98. The third-order valence-electron chi connectivity index (χ3n) is 2.30. The molecular weight excluding hydrogens is 226 g/mol. The van der Waals surface area contributed by atoms with Gasteiger partial charge in [0.1, 0.15) is 11.5 Å². The van der Waals surface area contributed by atoms with Crippen molar-refractivity contribution in [2.24, 2.45) is 5.73 Å². The Balaban J connectivity index is 3.30. The summed E-state index contributed by atoms with van der Waals surface area (Å²) in [4.78, 5) is 0.921. The largest absolute Gasteiger partial charge is 0.497 e. The quantitative estimate of drug-likeness (QED) is 0.766. The van der Waals surface area contributed by atoms with Crippen molar-refractivity contribution in [2.75, 3.05) is 27.0 Å². The van der Waals surface area contributed by atoms with Crippen LogP contribution in [-0.2, 0) is 0 Å². The lowest BCUT2D eigenvalue weighted by Crippen LogP contribution is -2.13. The summed E-state index contributed by atoms with van der Waals surface area (Å²) in [6, 6.07) is 3.62. The van der Waals surface area contributed by atoms with Crippen molar-refractivity contribution in [3.63, 3.8) is 0 Å². The topological polar surface area (TPSA) is 64.7 Å². The number of methoxy groups -OCH3 is 2. The molecule has 1 aromatic carbocycles. The zero-order valence-electron chi connectivity index (χ0n) is 9.69. The van der Waals surface area contributed by atoms with E-state index in [-0.39, 0.29) is 6.54 Å². The summed E-state index contributed by atoms with van der Waals surface area (Å²) >= 11 is 1.53. The van der Waals surface area contributed by atoms with Crippen LogP contribution in [0.15, 0.2) is 17.0 Å². The van der Waals surface area contributed by atoms with Crippen molar-refractivity contribution in [2.45, 2.75) is 11.0 Å². The van der Waals surface area contributed by atoms with Gasteiger partial charge in [-0.3, -0.25) is 0 Å². The van der Waals surface area contributed by atoms with Crippen LogP contribution in [0.1, 0.15) is 11.7 Å². The Morgan fingerprint density at radius 3 is 2.50 bits per heavy atom. The first-order valence-electron chi connectivity index (χ1n) is 4.86. The van der Waals surface area contributed by atoms with Gasteiger partial charge >= 0.3 is 0 Å². The molecule has 1 aromatic rings. The molecule has 0 amide bonds. The molecule has 3 N–H and O–H groups in total. The molecule has 1 atom stereocenters. The standard InChI is InChI=1S/C11H17NO3S/c1-14-7-4-8(9(13)6-12)11(15-2)10(5-7)16-3/h4-5,9,13H,6,12H2,1-3H3. The van der Waals surface area contributed by atoms with Crippen molar-refractivity contribution in [3.05, 3.63) is 17.7 Å². The molecule has 0 saturated heterocycles. The summed E-state index contributed by atoms with van der Waals surface area (Å²) in [5.41, 5.74) is 6.12. The zero-order chi connectivity index (χ0) is 12.1. The van der Waals surface area contributed by atoms with Crippen molar-refractivity contribution in [3.8, 4) is 11.5 Å². The maximum Gasteiger partial charge on any atom is 0.138 e. The molecule has 1 rings (SSSR count). The molecule has 0 fully saturated rings. The van der Waals surface area contributed by atoms with Crippen molar-refractivity contribution in [1.82, 2.24) is 0 Å². The van der Waals surface area contributed by atoms with Gasteiger partial charge in [-0.15, -0.1) is 11.8 Å². The molecule has 0 aliphatic carbocycles. The number of hydrogen-bond acceptors (Lipinski definition) is 5.